The Morgan fingerprint density at radius 2 is 2.23 bits per heavy atom. The number of halogens is 1. The fourth-order valence-corrected chi connectivity index (χ4v) is 1.10. The molecule has 0 radical (unpaired) electrons. The van der Waals surface area contributed by atoms with Gasteiger partial charge in [0.25, 0.3) is 0 Å². The van der Waals surface area contributed by atoms with Crippen LogP contribution in [-0.2, 0) is 12.3 Å². The fraction of sp³-hybridized carbons (Fsp3) is 0.375. The van der Waals surface area contributed by atoms with Gasteiger partial charge in [-0.25, -0.2) is 0 Å². The van der Waals surface area contributed by atoms with Crippen molar-refractivity contribution in [2.24, 2.45) is 5.11 Å². The van der Waals surface area contributed by atoms with Gasteiger partial charge in [-0.15, -0.1) is 11.6 Å². The Labute approximate surface area is 81.2 Å². The maximum Gasteiger partial charge on any atom is 0.0647 e. The number of pyridine rings is 1. The second-order valence-electron chi connectivity index (χ2n) is 2.46. The molecule has 0 atom stereocenters. The Hall–Kier alpha value is -1.25. The normalized spacial score (nSPS) is 9.31. The maximum atomic E-state index is 8.06. The largest absolute Gasteiger partial charge is 0.257 e. The first-order valence-corrected chi connectivity index (χ1v) is 4.42. The molecule has 0 fully saturated rings. The van der Waals surface area contributed by atoms with E-state index >= 15 is 0 Å². The topological polar surface area (TPSA) is 61.7 Å². The SMILES string of the molecule is [N-]=[N+]=NCCc1cccc(CCl)n1. The minimum atomic E-state index is 0.412. The van der Waals surface area contributed by atoms with E-state index in [9.17, 15) is 0 Å². The van der Waals surface area contributed by atoms with Gasteiger partial charge in [-0.3, -0.25) is 4.98 Å². The molecule has 0 spiro atoms. The van der Waals surface area contributed by atoms with Gasteiger partial charge in [-0.1, -0.05) is 11.2 Å². The molecule has 0 unspecified atom stereocenters. The smallest absolute Gasteiger partial charge is 0.0647 e. The lowest BCUT2D eigenvalue weighted by molar-refractivity contribution is 0.902. The number of hydrogen-bond donors (Lipinski definition) is 0. The molecule has 0 saturated carbocycles. The van der Waals surface area contributed by atoms with Crippen LogP contribution in [0.2, 0.25) is 0 Å². The van der Waals surface area contributed by atoms with Gasteiger partial charge in [0.05, 0.1) is 11.6 Å². The van der Waals surface area contributed by atoms with Crippen LogP contribution in [0.1, 0.15) is 11.4 Å². The van der Waals surface area contributed by atoms with Gasteiger partial charge < -0.3 is 0 Å². The second kappa shape index (κ2) is 5.41. The highest BCUT2D eigenvalue weighted by Gasteiger charge is 1.95. The summed E-state index contributed by atoms with van der Waals surface area (Å²) in [5, 5.41) is 3.43. The van der Waals surface area contributed by atoms with Gasteiger partial charge in [0.2, 0.25) is 0 Å². The van der Waals surface area contributed by atoms with E-state index < -0.39 is 0 Å². The van der Waals surface area contributed by atoms with Gasteiger partial charge in [-0.2, -0.15) is 0 Å². The Balaban J connectivity index is 2.60. The lowest BCUT2D eigenvalue weighted by Gasteiger charge is -1.98. The van der Waals surface area contributed by atoms with Crippen LogP contribution in [0, 0.1) is 0 Å². The first-order chi connectivity index (χ1) is 6.36. The summed E-state index contributed by atoms with van der Waals surface area (Å²) in [6, 6.07) is 5.66. The van der Waals surface area contributed by atoms with Gasteiger partial charge in [-0.05, 0) is 24.1 Å². The first-order valence-electron chi connectivity index (χ1n) is 3.88. The molecular formula is C8H9ClN4. The van der Waals surface area contributed by atoms with Gasteiger partial charge >= 0.3 is 0 Å². The van der Waals surface area contributed by atoms with Crippen LogP contribution in [0.5, 0.6) is 0 Å². The van der Waals surface area contributed by atoms with Gasteiger partial charge in [0, 0.05) is 17.2 Å². The van der Waals surface area contributed by atoms with Crippen molar-refractivity contribution in [3.63, 3.8) is 0 Å². The predicted molar refractivity (Wildman–Crippen MR) is 51.5 cm³/mol. The van der Waals surface area contributed by atoms with Crippen molar-refractivity contribution in [2.45, 2.75) is 12.3 Å². The average molecular weight is 197 g/mol. The minimum Gasteiger partial charge on any atom is -0.257 e. The van der Waals surface area contributed by atoms with Crippen molar-refractivity contribution in [2.75, 3.05) is 6.54 Å². The first kappa shape index (κ1) is 9.84. The van der Waals surface area contributed by atoms with Crippen molar-refractivity contribution in [3.8, 4) is 0 Å². The highest BCUT2D eigenvalue weighted by molar-refractivity contribution is 6.16. The molecule has 0 aliphatic carbocycles. The quantitative estimate of drug-likeness (QED) is 0.316. The summed E-state index contributed by atoms with van der Waals surface area (Å²) in [6.45, 7) is 0.440. The van der Waals surface area contributed by atoms with Gasteiger partial charge in [0.15, 0.2) is 0 Å². The summed E-state index contributed by atoms with van der Waals surface area (Å²) in [5.74, 6) is 0.412. The zero-order valence-electron chi connectivity index (χ0n) is 7.02. The van der Waals surface area contributed by atoms with Crippen LogP contribution in [0.4, 0.5) is 0 Å². The number of azide groups is 1. The molecule has 1 aromatic heterocycles. The van der Waals surface area contributed by atoms with E-state index in [2.05, 4.69) is 15.0 Å². The molecule has 0 bridgehead atoms. The van der Waals surface area contributed by atoms with E-state index in [-0.39, 0.29) is 0 Å². The van der Waals surface area contributed by atoms with Crippen molar-refractivity contribution >= 4 is 11.6 Å². The van der Waals surface area contributed by atoms with E-state index in [0.717, 1.165) is 11.4 Å². The highest BCUT2D eigenvalue weighted by Crippen LogP contribution is 2.03. The molecule has 5 heteroatoms. The molecule has 0 amide bonds. The summed E-state index contributed by atoms with van der Waals surface area (Å²) in [4.78, 5) is 6.91. The average Bonchev–Trinajstić information content (AvgIpc) is 2.19. The van der Waals surface area contributed by atoms with E-state index in [1.54, 1.807) is 0 Å². The van der Waals surface area contributed by atoms with Crippen molar-refractivity contribution < 1.29 is 0 Å². The summed E-state index contributed by atoms with van der Waals surface area (Å²) >= 11 is 5.62. The molecule has 4 nitrogen and oxygen atoms in total. The number of aromatic nitrogens is 1. The van der Waals surface area contributed by atoms with Crippen LogP contribution in [-0.4, -0.2) is 11.5 Å². The summed E-state index contributed by atoms with van der Waals surface area (Å²) < 4.78 is 0. The Bertz CT molecular complexity index is 320. The molecular weight excluding hydrogens is 188 g/mol. The third-order valence-corrected chi connectivity index (χ3v) is 1.81. The van der Waals surface area contributed by atoms with E-state index in [4.69, 9.17) is 17.1 Å². The van der Waals surface area contributed by atoms with E-state index in [1.165, 1.54) is 0 Å². The predicted octanol–water partition coefficient (Wildman–Crippen LogP) is 2.67. The number of nitrogens with zero attached hydrogens (tertiary/aromatic N) is 4. The third-order valence-electron chi connectivity index (χ3n) is 1.53. The summed E-state index contributed by atoms with van der Waals surface area (Å²) in [6.07, 6.45) is 0.661. The molecule has 1 rings (SSSR count). The van der Waals surface area contributed by atoms with Crippen molar-refractivity contribution in [1.82, 2.24) is 4.98 Å². The number of rotatable bonds is 4. The van der Waals surface area contributed by atoms with Crippen LogP contribution in [0.3, 0.4) is 0 Å². The zero-order valence-corrected chi connectivity index (χ0v) is 7.78. The second-order valence-corrected chi connectivity index (χ2v) is 2.73. The fourth-order valence-electron chi connectivity index (χ4n) is 0.952. The molecule has 68 valence electrons. The Kier molecular flexibility index (Phi) is 4.09. The zero-order chi connectivity index (χ0) is 9.52. The number of alkyl halides is 1. The van der Waals surface area contributed by atoms with E-state index in [0.29, 0.717) is 18.8 Å². The Morgan fingerprint density at radius 3 is 2.92 bits per heavy atom. The molecule has 0 saturated heterocycles. The molecule has 1 aromatic rings. The van der Waals surface area contributed by atoms with Crippen molar-refractivity contribution in [1.29, 1.82) is 0 Å². The Morgan fingerprint density at radius 1 is 1.46 bits per heavy atom. The van der Waals surface area contributed by atoms with Crippen LogP contribution in [0.15, 0.2) is 23.3 Å². The van der Waals surface area contributed by atoms with Crippen LogP contribution in [0.25, 0.3) is 10.4 Å². The summed E-state index contributed by atoms with van der Waals surface area (Å²) in [5.41, 5.74) is 9.82. The number of hydrogen-bond acceptors (Lipinski definition) is 2. The van der Waals surface area contributed by atoms with E-state index in [1.807, 2.05) is 18.2 Å². The van der Waals surface area contributed by atoms with Gasteiger partial charge in [0.1, 0.15) is 0 Å². The maximum absolute atomic E-state index is 8.06. The molecule has 0 N–H and O–H groups in total. The molecule has 1 heterocycles. The molecule has 0 aromatic carbocycles. The molecule has 13 heavy (non-hydrogen) atoms. The lowest BCUT2D eigenvalue weighted by Crippen LogP contribution is -1.95. The standard InChI is InChI=1S/C8H9ClN4/c9-6-8-3-1-2-7(12-8)4-5-11-13-10/h1-3H,4-6H2. The molecule has 0 aliphatic heterocycles. The third kappa shape index (κ3) is 3.32. The highest BCUT2D eigenvalue weighted by atomic mass is 35.5. The van der Waals surface area contributed by atoms with Crippen LogP contribution < -0.4 is 0 Å². The van der Waals surface area contributed by atoms with Crippen LogP contribution >= 0.6 is 11.6 Å². The van der Waals surface area contributed by atoms with Crippen molar-refractivity contribution in [3.05, 3.63) is 40.0 Å². The molecule has 0 aliphatic rings. The summed E-state index contributed by atoms with van der Waals surface area (Å²) in [7, 11) is 0. The minimum absolute atomic E-state index is 0.412. The lowest BCUT2D eigenvalue weighted by atomic mass is 10.2. The monoisotopic (exact) mass is 196 g/mol.